The van der Waals surface area contributed by atoms with E-state index in [-0.39, 0.29) is 5.41 Å². The van der Waals surface area contributed by atoms with Crippen molar-refractivity contribution >= 4 is 0 Å². The fourth-order valence-corrected chi connectivity index (χ4v) is 3.20. The molecule has 0 atom stereocenters. The summed E-state index contributed by atoms with van der Waals surface area (Å²) < 4.78 is 5.58. The highest BCUT2D eigenvalue weighted by atomic mass is 16.5. The summed E-state index contributed by atoms with van der Waals surface area (Å²) in [5.74, 6) is 0. The van der Waals surface area contributed by atoms with Gasteiger partial charge in [-0.05, 0) is 44.3 Å². The van der Waals surface area contributed by atoms with Crippen LogP contribution in [0.2, 0.25) is 0 Å². The maximum absolute atomic E-state index is 5.58. The molecule has 118 valence electrons. The molecule has 3 heteroatoms. The Morgan fingerprint density at radius 3 is 2.43 bits per heavy atom. The summed E-state index contributed by atoms with van der Waals surface area (Å²) in [4.78, 5) is 0. The summed E-state index contributed by atoms with van der Waals surface area (Å²) in [5.41, 5.74) is 7.24. The van der Waals surface area contributed by atoms with Crippen LogP contribution < -0.4 is 11.1 Å². The summed E-state index contributed by atoms with van der Waals surface area (Å²) in [7, 11) is 0. The first-order chi connectivity index (χ1) is 10.4. The van der Waals surface area contributed by atoms with Crippen LogP contribution in [0, 0.1) is 0 Å². The molecule has 1 aliphatic heterocycles. The molecule has 2 rings (SSSR count). The maximum Gasteiger partial charge on any atom is 0.0475 e. The minimum Gasteiger partial charge on any atom is -0.381 e. The zero-order chi connectivity index (χ0) is 14.8. The van der Waals surface area contributed by atoms with E-state index in [1.54, 1.807) is 0 Å². The zero-order valence-electron chi connectivity index (χ0n) is 13.2. The Morgan fingerprint density at radius 1 is 1.00 bits per heavy atom. The van der Waals surface area contributed by atoms with Crippen molar-refractivity contribution in [2.45, 2.75) is 43.9 Å². The molecule has 1 aromatic carbocycles. The van der Waals surface area contributed by atoms with Gasteiger partial charge >= 0.3 is 0 Å². The molecule has 0 aromatic heterocycles. The van der Waals surface area contributed by atoms with Crippen LogP contribution in [-0.2, 0) is 10.2 Å². The molecule has 1 aliphatic rings. The summed E-state index contributed by atoms with van der Waals surface area (Å²) in [6.07, 6.45) is 7.20. The van der Waals surface area contributed by atoms with Gasteiger partial charge in [0, 0.05) is 25.2 Å². The smallest absolute Gasteiger partial charge is 0.0475 e. The normalized spacial score (nSPS) is 17.8. The highest BCUT2D eigenvalue weighted by Crippen LogP contribution is 2.34. The first-order valence-electron chi connectivity index (χ1n) is 8.41. The largest absolute Gasteiger partial charge is 0.381 e. The van der Waals surface area contributed by atoms with Crippen LogP contribution in [0.15, 0.2) is 30.3 Å². The second-order valence-electron chi connectivity index (χ2n) is 6.14. The van der Waals surface area contributed by atoms with Gasteiger partial charge in [-0.1, -0.05) is 43.2 Å². The van der Waals surface area contributed by atoms with Gasteiger partial charge in [-0.15, -0.1) is 0 Å². The molecule has 3 nitrogen and oxygen atoms in total. The number of benzene rings is 1. The molecule has 1 heterocycles. The second kappa shape index (κ2) is 9.19. The minimum atomic E-state index is 0.261. The van der Waals surface area contributed by atoms with Crippen molar-refractivity contribution in [2.75, 3.05) is 32.8 Å². The first-order valence-corrected chi connectivity index (χ1v) is 8.41. The van der Waals surface area contributed by atoms with Gasteiger partial charge < -0.3 is 15.8 Å². The molecule has 3 N–H and O–H groups in total. The van der Waals surface area contributed by atoms with Gasteiger partial charge in [0.05, 0.1) is 0 Å². The predicted molar refractivity (Wildman–Crippen MR) is 88.6 cm³/mol. The number of nitrogens with two attached hydrogens (primary N) is 1. The molecule has 0 unspecified atom stereocenters. The van der Waals surface area contributed by atoms with Gasteiger partial charge in [0.1, 0.15) is 0 Å². The van der Waals surface area contributed by atoms with Crippen molar-refractivity contribution in [3.63, 3.8) is 0 Å². The van der Waals surface area contributed by atoms with Crippen LogP contribution in [0.1, 0.15) is 44.1 Å². The molecule has 0 radical (unpaired) electrons. The molecule has 1 fully saturated rings. The van der Waals surface area contributed by atoms with E-state index in [1.165, 1.54) is 24.8 Å². The monoisotopic (exact) mass is 290 g/mol. The fourth-order valence-electron chi connectivity index (χ4n) is 3.20. The van der Waals surface area contributed by atoms with Crippen LogP contribution >= 0.6 is 0 Å². The molecular formula is C18H30N2O. The summed E-state index contributed by atoms with van der Waals surface area (Å²) in [6.45, 7) is 4.77. The molecule has 21 heavy (non-hydrogen) atoms. The summed E-state index contributed by atoms with van der Waals surface area (Å²) >= 11 is 0. The first kappa shape index (κ1) is 16.5. The Labute approximate surface area is 129 Å². The standard InChI is InChI=1S/C18H30N2O/c19-12-6-1-2-7-13-20-16-18(10-14-21-15-11-18)17-8-4-3-5-9-17/h3-5,8-9,20H,1-2,6-7,10-16,19H2. The lowest BCUT2D eigenvalue weighted by Gasteiger charge is -2.38. The van der Waals surface area contributed by atoms with E-state index in [2.05, 4.69) is 35.6 Å². The Hall–Kier alpha value is -0.900. The lowest BCUT2D eigenvalue weighted by molar-refractivity contribution is 0.0499. The number of hydrogen-bond donors (Lipinski definition) is 2. The number of rotatable bonds is 9. The van der Waals surface area contributed by atoms with E-state index >= 15 is 0 Å². The predicted octanol–water partition coefficient (Wildman–Crippen LogP) is 2.84. The Kier molecular flexibility index (Phi) is 7.20. The fraction of sp³-hybridized carbons (Fsp3) is 0.667. The third-order valence-corrected chi connectivity index (χ3v) is 4.61. The summed E-state index contributed by atoms with van der Waals surface area (Å²) in [5, 5.41) is 3.68. The average molecular weight is 290 g/mol. The van der Waals surface area contributed by atoms with Crippen LogP contribution in [0.5, 0.6) is 0 Å². The third kappa shape index (κ3) is 5.10. The summed E-state index contributed by atoms with van der Waals surface area (Å²) in [6, 6.07) is 10.9. The van der Waals surface area contributed by atoms with Crippen molar-refractivity contribution in [2.24, 2.45) is 5.73 Å². The Balaban J connectivity index is 1.81. The molecule has 0 aliphatic carbocycles. The molecule has 0 saturated carbocycles. The molecule has 1 aromatic rings. The van der Waals surface area contributed by atoms with Gasteiger partial charge in [-0.25, -0.2) is 0 Å². The number of hydrogen-bond acceptors (Lipinski definition) is 3. The Bertz CT molecular complexity index is 374. The van der Waals surface area contributed by atoms with Crippen LogP contribution in [0.25, 0.3) is 0 Å². The molecule has 0 spiro atoms. The maximum atomic E-state index is 5.58. The van der Waals surface area contributed by atoms with E-state index < -0.39 is 0 Å². The lowest BCUT2D eigenvalue weighted by Crippen LogP contribution is -2.43. The second-order valence-corrected chi connectivity index (χ2v) is 6.14. The van der Waals surface area contributed by atoms with E-state index in [0.29, 0.717) is 0 Å². The number of nitrogens with one attached hydrogen (secondary N) is 1. The van der Waals surface area contributed by atoms with Crippen molar-refractivity contribution in [1.29, 1.82) is 0 Å². The SMILES string of the molecule is NCCCCCCNCC1(c2ccccc2)CCOCC1. The van der Waals surface area contributed by atoms with E-state index in [4.69, 9.17) is 10.5 Å². The third-order valence-electron chi connectivity index (χ3n) is 4.61. The van der Waals surface area contributed by atoms with Gasteiger partial charge in [-0.3, -0.25) is 0 Å². The minimum absolute atomic E-state index is 0.261. The van der Waals surface area contributed by atoms with E-state index in [1.807, 2.05) is 0 Å². The van der Waals surface area contributed by atoms with Crippen LogP contribution in [-0.4, -0.2) is 32.8 Å². The molecular weight excluding hydrogens is 260 g/mol. The number of unbranched alkanes of at least 4 members (excludes halogenated alkanes) is 3. The lowest BCUT2D eigenvalue weighted by atomic mass is 9.74. The highest BCUT2D eigenvalue weighted by molar-refractivity contribution is 5.26. The van der Waals surface area contributed by atoms with Gasteiger partial charge in [0.2, 0.25) is 0 Å². The van der Waals surface area contributed by atoms with E-state index in [9.17, 15) is 0 Å². The van der Waals surface area contributed by atoms with E-state index in [0.717, 1.165) is 52.1 Å². The molecule has 0 bridgehead atoms. The van der Waals surface area contributed by atoms with Crippen LogP contribution in [0.3, 0.4) is 0 Å². The van der Waals surface area contributed by atoms with Gasteiger partial charge in [-0.2, -0.15) is 0 Å². The molecule has 1 saturated heterocycles. The van der Waals surface area contributed by atoms with Crippen LogP contribution in [0.4, 0.5) is 0 Å². The van der Waals surface area contributed by atoms with Crippen molar-refractivity contribution in [1.82, 2.24) is 5.32 Å². The van der Waals surface area contributed by atoms with Gasteiger partial charge in [0.25, 0.3) is 0 Å². The average Bonchev–Trinajstić information content (AvgIpc) is 2.56. The zero-order valence-corrected chi connectivity index (χ0v) is 13.2. The highest BCUT2D eigenvalue weighted by Gasteiger charge is 2.33. The van der Waals surface area contributed by atoms with Gasteiger partial charge in [0.15, 0.2) is 0 Å². The molecule has 0 amide bonds. The Morgan fingerprint density at radius 2 is 1.71 bits per heavy atom. The van der Waals surface area contributed by atoms with Crippen molar-refractivity contribution < 1.29 is 4.74 Å². The number of ether oxygens (including phenoxy) is 1. The van der Waals surface area contributed by atoms with Crippen molar-refractivity contribution in [3.8, 4) is 0 Å². The quantitative estimate of drug-likeness (QED) is 0.688. The topological polar surface area (TPSA) is 47.3 Å². The van der Waals surface area contributed by atoms with Crippen molar-refractivity contribution in [3.05, 3.63) is 35.9 Å².